The summed E-state index contributed by atoms with van der Waals surface area (Å²) in [6.07, 6.45) is 5.22. The number of aromatic nitrogens is 2. The number of aromatic amines is 1. The number of nitrogens with one attached hydrogen (secondary N) is 1. The van der Waals surface area contributed by atoms with Gasteiger partial charge >= 0.3 is 5.95 Å². The average Bonchev–Trinajstić information content (AvgIpc) is 2.70. The van der Waals surface area contributed by atoms with Gasteiger partial charge in [-0.25, -0.2) is 4.98 Å². The maximum absolute atomic E-state index is 5.32. The summed E-state index contributed by atoms with van der Waals surface area (Å²) in [5, 5.41) is 0. The van der Waals surface area contributed by atoms with Crippen molar-refractivity contribution in [3.05, 3.63) is 24.7 Å². The first-order chi connectivity index (χ1) is 6.40. The minimum Gasteiger partial charge on any atom is -0.464 e. The van der Waals surface area contributed by atoms with Crippen molar-refractivity contribution in [3.63, 3.8) is 0 Å². The van der Waals surface area contributed by atoms with Gasteiger partial charge in [0.2, 0.25) is 5.89 Å². The van der Waals surface area contributed by atoms with Gasteiger partial charge in [-0.15, -0.1) is 0 Å². The molecule has 0 aliphatic heterocycles. The van der Waals surface area contributed by atoms with Crippen LogP contribution in [0.4, 0.5) is 0 Å². The van der Waals surface area contributed by atoms with E-state index in [-0.39, 0.29) is 0 Å². The van der Waals surface area contributed by atoms with Gasteiger partial charge in [-0.3, -0.25) is 0 Å². The Hall–Kier alpha value is -1.71. The number of oxazole rings is 1. The molecule has 0 unspecified atom stereocenters. The minimum absolute atomic E-state index is 0.457. The van der Waals surface area contributed by atoms with Crippen molar-refractivity contribution in [2.75, 3.05) is 6.61 Å². The van der Waals surface area contributed by atoms with Gasteiger partial charge in [-0.1, -0.05) is 0 Å². The zero-order valence-corrected chi connectivity index (χ0v) is 7.28. The SMILES string of the molecule is CCOc1cnc(-c2cc[nH]c2)o1. The van der Waals surface area contributed by atoms with Gasteiger partial charge in [-0.2, -0.15) is 0 Å². The zero-order valence-electron chi connectivity index (χ0n) is 7.28. The van der Waals surface area contributed by atoms with Crippen LogP contribution in [0, 0.1) is 0 Å². The molecule has 0 fully saturated rings. The van der Waals surface area contributed by atoms with E-state index in [1.807, 2.05) is 25.4 Å². The van der Waals surface area contributed by atoms with Crippen LogP contribution in [0.1, 0.15) is 6.92 Å². The molecule has 4 nitrogen and oxygen atoms in total. The van der Waals surface area contributed by atoms with E-state index in [1.165, 1.54) is 0 Å². The van der Waals surface area contributed by atoms with Gasteiger partial charge < -0.3 is 14.1 Å². The normalized spacial score (nSPS) is 10.2. The van der Waals surface area contributed by atoms with Crippen molar-refractivity contribution < 1.29 is 9.15 Å². The maximum atomic E-state index is 5.32. The lowest BCUT2D eigenvalue weighted by atomic mass is 10.3. The lowest BCUT2D eigenvalue weighted by Crippen LogP contribution is -1.87. The van der Waals surface area contributed by atoms with E-state index in [9.17, 15) is 0 Å². The van der Waals surface area contributed by atoms with Gasteiger partial charge in [-0.05, 0) is 13.0 Å². The molecule has 0 bridgehead atoms. The van der Waals surface area contributed by atoms with E-state index in [0.29, 0.717) is 18.4 Å². The molecule has 0 radical (unpaired) electrons. The summed E-state index contributed by atoms with van der Waals surface area (Å²) < 4.78 is 10.5. The lowest BCUT2D eigenvalue weighted by molar-refractivity contribution is 0.260. The zero-order chi connectivity index (χ0) is 9.10. The Morgan fingerprint density at radius 2 is 2.54 bits per heavy atom. The molecule has 13 heavy (non-hydrogen) atoms. The first kappa shape index (κ1) is 7.91. The van der Waals surface area contributed by atoms with Crippen molar-refractivity contribution in [3.8, 4) is 17.4 Å². The van der Waals surface area contributed by atoms with Crippen LogP contribution >= 0.6 is 0 Å². The third-order valence-corrected chi connectivity index (χ3v) is 1.62. The molecule has 0 saturated carbocycles. The Morgan fingerprint density at radius 3 is 3.23 bits per heavy atom. The van der Waals surface area contributed by atoms with E-state index in [2.05, 4.69) is 9.97 Å². The second kappa shape index (κ2) is 3.35. The van der Waals surface area contributed by atoms with Crippen molar-refractivity contribution in [2.45, 2.75) is 6.92 Å². The Morgan fingerprint density at radius 1 is 1.62 bits per heavy atom. The lowest BCUT2D eigenvalue weighted by Gasteiger charge is -1.93. The third-order valence-electron chi connectivity index (χ3n) is 1.62. The highest BCUT2D eigenvalue weighted by Crippen LogP contribution is 2.22. The molecule has 0 saturated heterocycles. The van der Waals surface area contributed by atoms with Crippen molar-refractivity contribution in [2.24, 2.45) is 0 Å². The Bertz CT molecular complexity index is 365. The van der Waals surface area contributed by atoms with Gasteiger partial charge in [0.25, 0.3) is 0 Å². The first-order valence-corrected chi connectivity index (χ1v) is 4.12. The predicted octanol–water partition coefficient (Wildman–Crippen LogP) is 2.07. The largest absolute Gasteiger partial charge is 0.464 e. The van der Waals surface area contributed by atoms with Crippen LogP contribution in [0.5, 0.6) is 5.95 Å². The molecule has 0 aliphatic rings. The number of rotatable bonds is 3. The number of nitrogens with zero attached hydrogens (tertiary/aromatic N) is 1. The topological polar surface area (TPSA) is 51.0 Å². The molecule has 0 aromatic carbocycles. The van der Waals surface area contributed by atoms with Gasteiger partial charge in [0.15, 0.2) is 0 Å². The van der Waals surface area contributed by atoms with Crippen LogP contribution in [0.25, 0.3) is 11.5 Å². The molecule has 0 amide bonds. The fraction of sp³-hybridized carbons (Fsp3) is 0.222. The van der Waals surface area contributed by atoms with Crippen molar-refractivity contribution in [1.29, 1.82) is 0 Å². The fourth-order valence-electron chi connectivity index (χ4n) is 1.06. The number of hydrogen-bond acceptors (Lipinski definition) is 3. The summed E-state index contributed by atoms with van der Waals surface area (Å²) >= 11 is 0. The molecule has 4 heteroatoms. The second-order valence-electron chi connectivity index (χ2n) is 2.52. The van der Waals surface area contributed by atoms with Gasteiger partial charge in [0.05, 0.1) is 12.2 Å². The summed E-state index contributed by atoms with van der Waals surface area (Å²) in [5.41, 5.74) is 0.922. The van der Waals surface area contributed by atoms with Crippen LogP contribution < -0.4 is 4.74 Å². The highest BCUT2D eigenvalue weighted by atomic mass is 16.6. The monoisotopic (exact) mass is 178 g/mol. The minimum atomic E-state index is 0.457. The Labute approximate surface area is 75.6 Å². The molecule has 2 rings (SSSR count). The summed E-state index contributed by atoms with van der Waals surface area (Å²) in [6.45, 7) is 2.49. The molecule has 68 valence electrons. The predicted molar refractivity (Wildman–Crippen MR) is 47.5 cm³/mol. The highest BCUT2D eigenvalue weighted by molar-refractivity contribution is 5.51. The molecular weight excluding hydrogens is 168 g/mol. The quantitative estimate of drug-likeness (QED) is 0.782. The van der Waals surface area contributed by atoms with E-state index in [4.69, 9.17) is 9.15 Å². The summed E-state index contributed by atoms with van der Waals surface area (Å²) in [4.78, 5) is 6.99. The Kier molecular flexibility index (Phi) is 2.04. The smallest absolute Gasteiger partial charge is 0.305 e. The Balaban J connectivity index is 2.23. The summed E-state index contributed by atoms with van der Waals surface area (Å²) in [7, 11) is 0. The van der Waals surface area contributed by atoms with E-state index in [1.54, 1.807) is 6.20 Å². The van der Waals surface area contributed by atoms with Gasteiger partial charge in [0, 0.05) is 12.4 Å². The molecule has 2 heterocycles. The number of hydrogen-bond donors (Lipinski definition) is 1. The van der Waals surface area contributed by atoms with E-state index in [0.717, 1.165) is 5.56 Å². The summed E-state index contributed by atoms with van der Waals surface area (Å²) in [6, 6.07) is 1.89. The standard InChI is InChI=1S/C9H10N2O2/c1-2-12-8-6-11-9(13-8)7-3-4-10-5-7/h3-6,10H,2H2,1H3. The molecular formula is C9H10N2O2. The first-order valence-electron chi connectivity index (χ1n) is 4.12. The molecule has 0 atom stereocenters. The van der Waals surface area contributed by atoms with E-state index < -0.39 is 0 Å². The van der Waals surface area contributed by atoms with Crippen LogP contribution in [0.3, 0.4) is 0 Å². The fourth-order valence-corrected chi connectivity index (χ4v) is 1.06. The molecule has 2 aromatic heterocycles. The van der Waals surface area contributed by atoms with Crippen LogP contribution in [-0.2, 0) is 0 Å². The van der Waals surface area contributed by atoms with E-state index >= 15 is 0 Å². The summed E-state index contributed by atoms with van der Waals surface area (Å²) in [5.74, 6) is 1.03. The highest BCUT2D eigenvalue weighted by Gasteiger charge is 2.06. The van der Waals surface area contributed by atoms with Crippen molar-refractivity contribution >= 4 is 0 Å². The third kappa shape index (κ3) is 1.56. The molecule has 0 aliphatic carbocycles. The van der Waals surface area contributed by atoms with Crippen LogP contribution in [0.2, 0.25) is 0 Å². The van der Waals surface area contributed by atoms with Gasteiger partial charge in [0.1, 0.15) is 6.20 Å². The van der Waals surface area contributed by atoms with Crippen molar-refractivity contribution in [1.82, 2.24) is 9.97 Å². The number of H-pyrrole nitrogens is 1. The van der Waals surface area contributed by atoms with Crippen LogP contribution in [-0.4, -0.2) is 16.6 Å². The molecule has 1 N–H and O–H groups in total. The maximum Gasteiger partial charge on any atom is 0.305 e. The average molecular weight is 178 g/mol. The van der Waals surface area contributed by atoms with Crippen LogP contribution in [0.15, 0.2) is 29.1 Å². The molecule has 0 spiro atoms. The number of ether oxygens (including phenoxy) is 1. The second-order valence-corrected chi connectivity index (χ2v) is 2.52. The molecule has 2 aromatic rings.